The van der Waals surface area contributed by atoms with E-state index in [0.717, 1.165) is 34.3 Å². The number of hydrogen-bond acceptors (Lipinski definition) is 5. The van der Waals surface area contributed by atoms with Crippen LogP contribution in [-0.4, -0.2) is 28.6 Å². The highest BCUT2D eigenvalue weighted by atomic mass is 16.5. The first-order chi connectivity index (χ1) is 11.7. The predicted octanol–water partition coefficient (Wildman–Crippen LogP) is 3.06. The molecule has 24 heavy (non-hydrogen) atoms. The Bertz CT molecular complexity index is 807. The summed E-state index contributed by atoms with van der Waals surface area (Å²) in [6.45, 7) is 2.92. The number of aromatic nitrogens is 2. The number of anilines is 1. The first-order valence-corrected chi connectivity index (χ1v) is 7.82. The third-order valence-electron chi connectivity index (χ3n) is 3.70. The van der Waals surface area contributed by atoms with E-state index < -0.39 is 0 Å². The van der Waals surface area contributed by atoms with Crippen LogP contribution in [0.4, 0.5) is 5.82 Å². The van der Waals surface area contributed by atoms with E-state index in [1.54, 1.807) is 11.8 Å². The molecule has 0 spiro atoms. The molecule has 0 fully saturated rings. The van der Waals surface area contributed by atoms with Gasteiger partial charge in [-0.2, -0.15) is 5.10 Å². The molecular weight excluding hydrogens is 306 g/mol. The minimum Gasteiger partial charge on any atom is -0.497 e. The molecule has 3 aromatic rings. The van der Waals surface area contributed by atoms with Gasteiger partial charge < -0.3 is 19.6 Å². The quantitative estimate of drug-likeness (QED) is 0.698. The van der Waals surface area contributed by atoms with Crippen LogP contribution in [0.1, 0.15) is 11.5 Å². The van der Waals surface area contributed by atoms with Crippen molar-refractivity contribution in [3.05, 3.63) is 54.0 Å². The zero-order valence-electron chi connectivity index (χ0n) is 13.8. The van der Waals surface area contributed by atoms with Gasteiger partial charge in [-0.05, 0) is 31.2 Å². The van der Waals surface area contributed by atoms with Crippen LogP contribution >= 0.6 is 0 Å². The Morgan fingerprint density at radius 1 is 1.25 bits per heavy atom. The van der Waals surface area contributed by atoms with Gasteiger partial charge in [-0.3, -0.25) is 0 Å². The lowest BCUT2D eigenvalue weighted by atomic mass is 10.1. The highest BCUT2D eigenvalue weighted by Gasteiger charge is 2.11. The highest BCUT2D eigenvalue weighted by molar-refractivity contribution is 5.64. The number of nitrogens with zero attached hydrogens (tertiary/aromatic N) is 2. The molecule has 1 aromatic carbocycles. The van der Waals surface area contributed by atoms with Crippen LogP contribution in [0.25, 0.3) is 11.3 Å². The zero-order chi connectivity index (χ0) is 16.9. The van der Waals surface area contributed by atoms with Crippen LogP contribution in [0.2, 0.25) is 0 Å². The first-order valence-electron chi connectivity index (χ1n) is 7.82. The number of ether oxygens (including phenoxy) is 1. The standard InChI is InChI=1S/C18H21N3O3/c1-13-6-7-16(24-13)12-19-18-11-17(20-21(18)8-9-22)14-4-3-5-15(10-14)23-2/h3-7,10-11,19,22H,8-9,12H2,1-2H3. The summed E-state index contributed by atoms with van der Waals surface area (Å²) in [5.41, 5.74) is 1.78. The summed E-state index contributed by atoms with van der Waals surface area (Å²) >= 11 is 0. The minimum absolute atomic E-state index is 0.0216. The van der Waals surface area contributed by atoms with E-state index in [1.165, 1.54) is 0 Å². The normalized spacial score (nSPS) is 10.8. The third-order valence-corrected chi connectivity index (χ3v) is 3.70. The molecule has 6 heteroatoms. The molecule has 0 saturated heterocycles. The molecule has 126 valence electrons. The van der Waals surface area contributed by atoms with E-state index in [1.807, 2.05) is 49.4 Å². The molecule has 0 atom stereocenters. The number of benzene rings is 1. The fourth-order valence-corrected chi connectivity index (χ4v) is 2.51. The van der Waals surface area contributed by atoms with Crippen molar-refractivity contribution >= 4 is 5.82 Å². The Balaban J connectivity index is 1.83. The molecule has 2 heterocycles. The van der Waals surface area contributed by atoms with Crippen molar-refractivity contribution in [1.82, 2.24) is 9.78 Å². The molecule has 0 bridgehead atoms. The third kappa shape index (κ3) is 3.60. The Morgan fingerprint density at radius 2 is 2.12 bits per heavy atom. The lowest BCUT2D eigenvalue weighted by Gasteiger charge is -2.07. The van der Waals surface area contributed by atoms with Crippen molar-refractivity contribution in [2.75, 3.05) is 19.0 Å². The molecule has 0 saturated carbocycles. The average molecular weight is 327 g/mol. The number of aliphatic hydroxyl groups is 1. The van der Waals surface area contributed by atoms with Crippen LogP contribution in [0, 0.1) is 6.92 Å². The molecule has 2 N–H and O–H groups in total. The molecule has 3 rings (SSSR count). The zero-order valence-corrected chi connectivity index (χ0v) is 13.8. The molecule has 0 unspecified atom stereocenters. The van der Waals surface area contributed by atoms with Crippen LogP contribution in [0.3, 0.4) is 0 Å². The summed E-state index contributed by atoms with van der Waals surface area (Å²) in [4.78, 5) is 0. The van der Waals surface area contributed by atoms with Crippen molar-refractivity contribution in [2.24, 2.45) is 0 Å². The number of nitrogens with one attached hydrogen (secondary N) is 1. The van der Waals surface area contributed by atoms with Crippen LogP contribution < -0.4 is 10.1 Å². The molecule has 0 radical (unpaired) electrons. The number of furan rings is 1. The lowest BCUT2D eigenvalue weighted by molar-refractivity contribution is 0.270. The van der Waals surface area contributed by atoms with Gasteiger partial charge in [0, 0.05) is 11.6 Å². The lowest BCUT2D eigenvalue weighted by Crippen LogP contribution is -2.10. The average Bonchev–Trinajstić information content (AvgIpc) is 3.20. The summed E-state index contributed by atoms with van der Waals surface area (Å²) in [5, 5.41) is 17.1. The molecule has 6 nitrogen and oxygen atoms in total. The monoisotopic (exact) mass is 327 g/mol. The van der Waals surface area contributed by atoms with Crippen molar-refractivity contribution < 1.29 is 14.3 Å². The van der Waals surface area contributed by atoms with E-state index in [9.17, 15) is 5.11 Å². The van der Waals surface area contributed by atoms with Gasteiger partial charge in [-0.15, -0.1) is 0 Å². The van der Waals surface area contributed by atoms with E-state index in [4.69, 9.17) is 9.15 Å². The van der Waals surface area contributed by atoms with E-state index in [0.29, 0.717) is 13.1 Å². The molecule has 2 aromatic heterocycles. The Kier molecular flexibility index (Phi) is 4.86. The van der Waals surface area contributed by atoms with Crippen molar-refractivity contribution in [3.8, 4) is 17.0 Å². The van der Waals surface area contributed by atoms with Gasteiger partial charge in [0.1, 0.15) is 23.1 Å². The number of hydrogen-bond donors (Lipinski definition) is 2. The van der Waals surface area contributed by atoms with Crippen LogP contribution in [0.15, 0.2) is 46.9 Å². The van der Waals surface area contributed by atoms with E-state index >= 15 is 0 Å². The Hall–Kier alpha value is -2.73. The van der Waals surface area contributed by atoms with Crippen LogP contribution in [0.5, 0.6) is 5.75 Å². The molecule has 0 amide bonds. The maximum absolute atomic E-state index is 9.27. The summed E-state index contributed by atoms with van der Waals surface area (Å²) in [6.07, 6.45) is 0. The van der Waals surface area contributed by atoms with Gasteiger partial charge in [-0.25, -0.2) is 4.68 Å². The second kappa shape index (κ2) is 7.23. The van der Waals surface area contributed by atoms with Gasteiger partial charge in [0.25, 0.3) is 0 Å². The van der Waals surface area contributed by atoms with E-state index in [-0.39, 0.29) is 6.61 Å². The van der Waals surface area contributed by atoms with Crippen molar-refractivity contribution in [2.45, 2.75) is 20.0 Å². The van der Waals surface area contributed by atoms with Crippen LogP contribution in [-0.2, 0) is 13.1 Å². The largest absolute Gasteiger partial charge is 0.497 e. The fraction of sp³-hybridized carbons (Fsp3) is 0.278. The van der Waals surface area contributed by atoms with E-state index in [2.05, 4.69) is 10.4 Å². The Labute approximate surface area is 140 Å². The number of aryl methyl sites for hydroxylation is 1. The number of aliphatic hydroxyl groups excluding tert-OH is 1. The fourth-order valence-electron chi connectivity index (χ4n) is 2.51. The molecule has 0 aliphatic rings. The van der Waals surface area contributed by atoms with Gasteiger partial charge in [0.15, 0.2) is 0 Å². The van der Waals surface area contributed by atoms with Gasteiger partial charge >= 0.3 is 0 Å². The topological polar surface area (TPSA) is 72.5 Å². The summed E-state index contributed by atoms with van der Waals surface area (Å²) in [6, 6.07) is 13.6. The van der Waals surface area contributed by atoms with Gasteiger partial charge in [0.05, 0.1) is 32.5 Å². The first kappa shape index (κ1) is 16.1. The number of rotatable bonds is 7. The summed E-state index contributed by atoms with van der Waals surface area (Å²) in [7, 11) is 1.64. The molecular formula is C18H21N3O3. The maximum atomic E-state index is 9.27. The SMILES string of the molecule is COc1cccc(-c2cc(NCc3ccc(C)o3)n(CCO)n2)c1. The van der Waals surface area contributed by atoms with Gasteiger partial charge in [-0.1, -0.05) is 12.1 Å². The maximum Gasteiger partial charge on any atom is 0.125 e. The van der Waals surface area contributed by atoms with Crippen molar-refractivity contribution in [1.29, 1.82) is 0 Å². The summed E-state index contributed by atoms with van der Waals surface area (Å²) < 4.78 is 12.6. The minimum atomic E-state index is 0.0216. The van der Waals surface area contributed by atoms with Gasteiger partial charge in [0.2, 0.25) is 0 Å². The number of methoxy groups -OCH3 is 1. The predicted molar refractivity (Wildman–Crippen MR) is 92.1 cm³/mol. The highest BCUT2D eigenvalue weighted by Crippen LogP contribution is 2.25. The second-order valence-electron chi connectivity index (χ2n) is 5.46. The molecule has 0 aliphatic heterocycles. The second-order valence-corrected chi connectivity index (χ2v) is 5.46. The molecule has 0 aliphatic carbocycles. The van der Waals surface area contributed by atoms with Crippen molar-refractivity contribution in [3.63, 3.8) is 0 Å². The summed E-state index contributed by atoms with van der Waals surface area (Å²) in [5.74, 6) is 3.35. The Morgan fingerprint density at radius 3 is 2.83 bits per heavy atom. The smallest absolute Gasteiger partial charge is 0.125 e.